The summed E-state index contributed by atoms with van der Waals surface area (Å²) in [4.78, 5) is 4.06. The highest BCUT2D eigenvalue weighted by atomic mass is 32.2. The highest BCUT2D eigenvalue weighted by Crippen LogP contribution is 2.11. The van der Waals surface area contributed by atoms with Gasteiger partial charge in [0.15, 0.2) is 0 Å². The van der Waals surface area contributed by atoms with E-state index in [1.165, 1.54) is 11.3 Å². The van der Waals surface area contributed by atoms with Crippen LogP contribution in [0.15, 0.2) is 5.38 Å². The van der Waals surface area contributed by atoms with Crippen LogP contribution in [0, 0.1) is 0 Å². The third-order valence-corrected chi connectivity index (χ3v) is 3.08. The van der Waals surface area contributed by atoms with Gasteiger partial charge < -0.3 is 5.73 Å². The van der Waals surface area contributed by atoms with Crippen LogP contribution < -0.4 is 10.9 Å². The maximum absolute atomic E-state index is 10.7. The predicted octanol–water partition coefficient (Wildman–Crippen LogP) is -0.567. The molecule has 1 aromatic rings. The van der Waals surface area contributed by atoms with Crippen molar-refractivity contribution in [3.63, 3.8) is 0 Å². The number of thiazole rings is 1. The molecule has 5 nitrogen and oxygen atoms in total. The van der Waals surface area contributed by atoms with Gasteiger partial charge in [-0.3, -0.25) is 0 Å². The number of hydrogen-bond acceptors (Lipinski definition) is 5. The van der Waals surface area contributed by atoms with Crippen LogP contribution in [-0.2, 0) is 22.2 Å². The monoisotopic (exact) mass is 221 g/mol. The van der Waals surface area contributed by atoms with Crippen LogP contribution in [0.4, 0.5) is 0 Å². The fourth-order valence-corrected chi connectivity index (χ4v) is 2.64. The lowest BCUT2D eigenvalue weighted by atomic mass is 10.3. The Morgan fingerprint density at radius 2 is 2.23 bits per heavy atom. The third-order valence-electron chi connectivity index (χ3n) is 1.32. The van der Waals surface area contributed by atoms with Crippen LogP contribution in [0.3, 0.4) is 0 Å². The molecule has 1 aromatic heterocycles. The predicted molar refractivity (Wildman–Crippen MR) is 51.7 cm³/mol. The van der Waals surface area contributed by atoms with Crippen molar-refractivity contribution >= 4 is 21.4 Å². The molecule has 0 aliphatic carbocycles. The van der Waals surface area contributed by atoms with E-state index in [2.05, 4.69) is 4.98 Å². The van der Waals surface area contributed by atoms with E-state index in [1.54, 1.807) is 5.38 Å². The first-order valence-corrected chi connectivity index (χ1v) is 6.24. The summed E-state index contributed by atoms with van der Waals surface area (Å²) in [7, 11) is -3.46. The smallest absolute Gasteiger partial charge is 0.215 e. The summed E-state index contributed by atoms with van der Waals surface area (Å²) < 4.78 is 21.4. The molecule has 0 radical (unpaired) electrons. The normalized spacial score (nSPS) is 11.8. The number of rotatable bonds is 4. The van der Waals surface area contributed by atoms with Crippen molar-refractivity contribution in [1.29, 1.82) is 0 Å². The van der Waals surface area contributed by atoms with Gasteiger partial charge in [0.2, 0.25) is 10.0 Å². The second-order valence-electron chi connectivity index (χ2n) is 2.58. The van der Waals surface area contributed by atoms with Crippen LogP contribution in [-0.4, -0.2) is 19.9 Å². The lowest BCUT2D eigenvalue weighted by Gasteiger charge is -1.92. The van der Waals surface area contributed by atoms with E-state index in [-0.39, 0.29) is 5.75 Å². The van der Waals surface area contributed by atoms with Crippen molar-refractivity contribution in [2.45, 2.75) is 12.2 Å². The molecule has 0 bridgehead atoms. The molecule has 1 heterocycles. The Kier molecular flexibility index (Phi) is 3.37. The molecule has 0 spiro atoms. The summed E-state index contributed by atoms with van der Waals surface area (Å²) in [5.41, 5.74) is 6.14. The molecule has 7 heteroatoms. The quantitative estimate of drug-likeness (QED) is 0.711. The topological polar surface area (TPSA) is 99.1 Å². The molecule has 0 unspecified atom stereocenters. The van der Waals surface area contributed by atoms with Crippen molar-refractivity contribution < 1.29 is 8.42 Å². The van der Waals surface area contributed by atoms with Gasteiger partial charge in [0.1, 0.15) is 10.8 Å². The van der Waals surface area contributed by atoms with Crippen molar-refractivity contribution in [1.82, 2.24) is 4.98 Å². The second-order valence-corrected chi connectivity index (χ2v) is 5.14. The zero-order valence-corrected chi connectivity index (χ0v) is 8.57. The SMILES string of the molecule is NCCc1csc(CS(N)(=O)=O)n1. The minimum absolute atomic E-state index is 0.192. The van der Waals surface area contributed by atoms with E-state index in [4.69, 9.17) is 10.9 Å². The highest BCUT2D eigenvalue weighted by molar-refractivity contribution is 7.88. The Balaban J connectivity index is 2.69. The summed E-state index contributed by atoms with van der Waals surface area (Å²) in [6.07, 6.45) is 0.668. The summed E-state index contributed by atoms with van der Waals surface area (Å²) >= 11 is 1.29. The molecule has 0 fully saturated rings. The number of hydrogen-bond donors (Lipinski definition) is 2. The lowest BCUT2D eigenvalue weighted by molar-refractivity contribution is 0.597. The molecule has 4 N–H and O–H groups in total. The van der Waals surface area contributed by atoms with Gasteiger partial charge in [-0.05, 0) is 6.54 Å². The van der Waals surface area contributed by atoms with Gasteiger partial charge in [-0.25, -0.2) is 18.5 Å². The van der Waals surface area contributed by atoms with Crippen LogP contribution in [0.25, 0.3) is 0 Å². The molecule has 0 aliphatic rings. The average molecular weight is 221 g/mol. The molecular formula is C6H11N3O2S2. The number of aromatic nitrogens is 1. The van der Waals surface area contributed by atoms with Gasteiger partial charge >= 0.3 is 0 Å². The first-order chi connectivity index (χ1) is 6.01. The minimum Gasteiger partial charge on any atom is -0.330 e. The number of nitrogens with zero attached hydrogens (tertiary/aromatic N) is 1. The van der Waals surface area contributed by atoms with Gasteiger partial charge in [0.25, 0.3) is 0 Å². The number of primary sulfonamides is 1. The van der Waals surface area contributed by atoms with Crippen LogP contribution >= 0.6 is 11.3 Å². The first-order valence-electron chi connectivity index (χ1n) is 3.65. The minimum atomic E-state index is -3.46. The van der Waals surface area contributed by atoms with E-state index >= 15 is 0 Å². The Hall–Kier alpha value is -0.500. The van der Waals surface area contributed by atoms with Crippen LogP contribution in [0.5, 0.6) is 0 Å². The number of nitrogens with two attached hydrogens (primary N) is 2. The van der Waals surface area contributed by atoms with Gasteiger partial charge in [-0.2, -0.15) is 0 Å². The van der Waals surface area contributed by atoms with Gasteiger partial charge in [-0.15, -0.1) is 11.3 Å². The summed E-state index contributed by atoms with van der Waals surface area (Å²) in [6.45, 7) is 0.512. The van der Waals surface area contributed by atoms with Gasteiger partial charge in [0, 0.05) is 11.8 Å². The van der Waals surface area contributed by atoms with Crippen molar-refractivity contribution in [2.75, 3.05) is 6.54 Å². The van der Waals surface area contributed by atoms with Gasteiger partial charge in [0.05, 0.1) is 5.69 Å². The van der Waals surface area contributed by atoms with Crippen LogP contribution in [0.1, 0.15) is 10.7 Å². The number of sulfonamides is 1. The Bertz CT molecular complexity index is 371. The Labute approximate surface area is 80.8 Å². The van der Waals surface area contributed by atoms with Crippen LogP contribution in [0.2, 0.25) is 0 Å². The molecule has 1 rings (SSSR count). The maximum Gasteiger partial charge on any atom is 0.215 e. The highest BCUT2D eigenvalue weighted by Gasteiger charge is 2.08. The molecule has 0 aliphatic heterocycles. The Morgan fingerprint density at radius 1 is 1.54 bits per heavy atom. The van der Waals surface area contributed by atoms with Gasteiger partial charge in [-0.1, -0.05) is 0 Å². The Morgan fingerprint density at radius 3 is 2.77 bits per heavy atom. The van der Waals surface area contributed by atoms with Crippen molar-refractivity contribution in [3.8, 4) is 0 Å². The molecule has 0 atom stereocenters. The largest absolute Gasteiger partial charge is 0.330 e. The molecule has 74 valence electrons. The zero-order valence-electron chi connectivity index (χ0n) is 6.93. The van der Waals surface area contributed by atoms with Crippen molar-refractivity contribution in [2.24, 2.45) is 10.9 Å². The van der Waals surface area contributed by atoms with E-state index in [0.29, 0.717) is 18.0 Å². The molecule has 0 amide bonds. The molecule has 0 saturated heterocycles. The average Bonchev–Trinajstić information content (AvgIpc) is 2.33. The van der Waals surface area contributed by atoms with E-state index < -0.39 is 10.0 Å². The van der Waals surface area contributed by atoms with E-state index in [9.17, 15) is 8.42 Å². The standard InChI is InChI=1S/C6H11N3O2S2/c7-2-1-5-3-12-6(9-5)4-13(8,10)11/h3H,1-2,4,7H2,(H2,8,10,11). The molecule has 0 aromatic carbocycles. The fourth-order valence-electron chi connectivity index (χ4n) is 0.850. The summed E-state index contributed by atoms with van der Waals surface area (Å²) in [5, 5.41) is 7.18. The maximum atomic E-state index is 10.7. The molecule has 0 saturated carbocycles. The zero-order chi connectivity index (χ0) is 9.90. The van der Waals surface area contributed by atoms with Crippen molar-refractivity contribution in [3.05, 3.63) is 16.1 Å². The first kappa shape index (κ1) is 10.6. The summed E-state index contributed by atoms with van der Waals surface area (Å²) in [6, 6.07) is 0. The third kappa shape index (κ3) is 3.81. The fraction of sp³-hybridized carbons (Fsp3) is 0.500. The molecule has 13 heavy (non-hydrogen) atoms. The van der Waals surface area contributed by atoms with E-state index in [1.807, 2.05) is 0 Å². The van der Waals surface area contributed by atoms with E-state index in [0.717, 1.165) is 5.69 Å². The summed E-state index contributed by atoms with van der Waals surface area (Å²) in [5.74, 6) is -0.192. The lowest BCUT2D eigenvalue weighted by Crippen LogP contribution is -2.14. The molecular weight excluding hydrogens is 210 g/mol. The second kappa shape index (κ2) is 4.14.